The van der Waals surface area contributed by atoms with Crippen LogP contribution >= 0.6 is 0 Å². The molecule has 2 amide bonds. The number of nitrogens with one attached hydrogen (secondary N) is 1. The average Bonchev–Trinajstić information content (AvgIpc) is 3.23. The maximum absolute atomic E-state index is 13.6. The topological polar surface area (TPSA) is 91.0 Å². The smallest absolute Gasteiger partial charge is 0.322 e. The van der Waals surface area contributed by atoms with Crippen molar-refractivity contribution in [3.8, 4) is 6.07 Å². The monoisotopic (exact) mass is 489 g/mol. The van der Waals surface area contributed by atoms with Gasteiger partial charge in [0.15, 0.2) is 0 Å². The SMILES string of the molecule is C[C@H]1Cn2ncc(C(=O)Nc3cccc(C#N)c3)c2C(=O)N1c1ccc(C(F)(F)C(F)(F)F)cc1. The summed E-state index contributed by atoms with van der Waals surface area (Å²) >= 11 is 0. The Kier molecular flexibility index (Phi) is 5.80. The number of hydrogen-bond acceptors (Lipinski definition) is 4. The fourth-order valence-electron chi connectivity index (χ4n) is 3.79. The van der Waals surface area contributed by atoms with Gasteiger partial charge in [-0.15, -0.1) is 0 Å². The van der Waals surface area contributed by atoms with Crippen LogP contribution in [0.5, 0.6) is 0 Å². The molecule has 0 saturated carbocycles. The molecule has 180 valence electrons. The summed E-state index contributed by atoms with van der Waals surface area (Å²) in [5, 5.41) is 15.7. The second kappa shape index (κ2) is 8.50. The summed E-state index contributed by atoms with van der Waals surface area (Å²) in [5.74, 6) is -6.38. The van der Waals surface area contributed by atoms with Gasteiger partial charge in [0.05, 0.1) is 36.0 Å². The van der Waals surface area contributed by atoms with E-state index in [1.807, 2.05) is 6.07 Å². The molecule has 0 unspecified atom stereocenters. The van der Waals surface area contributed by atoms with E-state index in [1.54, 1.807) is 25.1 Å². The Morgan fingerprint density at radius 1 is 1.14 bits per heavy atom. The number of benzene rings is 2. The molecule has 35 heavy (non-hydrogen) atoms. The number of fused-ring (bicyclic) bond motifs is 1. The van der Waals surface area contributed by atoms with Crippen molar-refractivity contribution < 1.29 is 31.5 Å². The number of amides is 2. The van der Waals surface area contributed by atoms with Crippen molar-refractivity contribution in [2.45, 2.75) is 31.6 Å². The number of halogens is 5. The van der Waals surface area contributed by atoms with Gasteiger partial charge in [-0.3, -0.25) is 14.3 Å². The first-order valence-electron chi connectivity index (χ1n) is 10.2. The predicted octanol–water partition coefficient (Wildman–Crippen LogP) is 4.71. The van der Waals surface area contributed by atoms with E-state index in [-0.39, 0.29) is 23.5 Å². The Hall–Kier alpha value is -4.27. The Morgan fingerprint density at radius 2 is 1.83 bits per heavy atom. The standard InChI is InChI=1S/C23H16F5N5O2/c1-13-12-32-19(18(11-30-32)20(34)31-16-4-2-3-14(9-16)10-29)21(35)33(13)17-7-5-15(6-8-17)22(24,25)23(26,27)28/h2-9,11,13H,12H2,1H3,(H,31,34)/t13-/m0/s1. The van der Waals surface area contributed by atoms with E-state index in [4.69, 9.17) is 5.26 Å². The van der Waals surface area contributed by atoms with Gasteiger partial charge in [0, 0.05) is 16.9 Å². The van der Waals surface area contributed by atoms with Crippen LogP contribution in [-0.4, -0.2) is 33.8 Å². The van der Waals surface area contributed by atoms with Crippen molar-refractivity contribution in [1.82, 2.24) is 9.78 Å². The summed E-state index contributed by atoms with van der Waals surface area (Å²) in [6.07, 6.45) is -4.55. The second-order valence-corrected chi connectivity index (χ2v) is 7.88. The Morgan fingerprint density at radius 3 is 2.46 bits per heavy atom. The first kappa shape index (κ1) is 23.9. The van der Waals surface area contributed by atoms with Crippen LogP contribution in [0.25, 0.3) is 0 Å². The third-order valence-corrected chi connectivity index (χ3v) is 5.50. The number of rotatable bonds is 4. The third-order valence-electron chi connectivity index (χ3n) is 5.50. The van der Waals surface area contributed by atoms with Crippen LogP contribution in [0.4, 0.5) is 33.3 Å². The normalized spacial score (nSPS) is 16.0. The molecule has 0 radical (unpaired) electrons. The summed E-state index contributed by atoms with van der Waals surface area (Å²) in [4.78, 5) is 27.4. The highest BCUT2D eigenvalue weighted by atomic mass is 19.4. The molecule has 4 rings (SSSR count). The molecule has 0 saturated heterocycles. The van der Waals surface area contributed by atoms with Gasteiger partial charge in [0.25, 0.3) is 11.8 Å². The molecule has 2 aromatic carbocycles. The number of alkyl halides is 5. The molecule has 1 N–H and O–H groups in total. The zero-order chi connectivity index (χ0) is 25.5. The highest BCUT2D eigenvalue weighted by Crippen LogP contribution is 2.44. The fourth-order valence-corrected chi connectivity index (χ4v) is 3.79. The Labute approximate surface area is 195 Å². The third kappa shape index (κ3) is 4.21. The molecule has 1 aliphatic rings. The molecular formula is C23H16F5N5O2. The lowest BCUT2D eigenvalue weighted by molar-refractivity contribution is -0.289. The molecule has 0 aliphatic carbocycles. The number of carbonyl (C=O) groups is 2. The number of aromatic nitrogens is 2. The maximum atomic E-state index is 13.6. The summed E-state index contributed by atoms with van der Waals surface area (Å²) in [6, 6.07) is 10.8. The van der Waals surface area contributed by atoms with Gasteiger partial charge >= 0.3 is 12.1 Å². The lowest BCUT2D eigenvalue weighted by atomic mass is 10.0. The minimum absolute atomic E-state index is 0.0607. The number of anilines is 2. The van der Waals surface area contributed by atoms with Gasteiger partial charge < -0.3 is 10.2 Å². The number of nitrogens with zero attached hydrogens (tertiary/aromatic N) is 4. The van der Waals surface area contributed by atoms with Crippen LogP contribution in [0.1, 0.15) is 38.9 Å². The molecule has 1 atom stereocenters. The van der Waals surface area contributed by atoms with Crippen LogP contribution in [0.15, 0.2) is 54.7 Å². The summed E-state index contributed by atoms with van der Waals surface area (Å²) in [6.45, 7) is 1.80. The van der Waals surface area contributed by atoms with Crippen molar-refractivity contribution in [3.05, 3.63) is 77.1 Å². The molecule has 1 aromatic heterocycles. The average molecular weight is 489 g/mol. The van der Waals surface area contributed by atoms with Gasteiger partial charge in [-0.1, -0.05) is 18.2 Å². The van der Waals surface area contributed by atoms with Crippen molar-refractivity contribution >= 4 is 23.2 Å². The molecule has 0 bridgehead atoms. The predicted molar refractivity (Wildman–Crippen MR) is 114 cm³/mol. The van der Waals surface area contributed by atoms with Crippen molar-refractivity contribution in [1.29, 1.82) is 5.26 Å². The quantitative estimate of drug-likeness (QED) is 0.538. The zero-order valence-corrected chi connectivity index (χ0v) is 18.0. The number of hydrogen-bond donors (Lipinski definition) is 1. The first-order valence-corrected chi connectivity index (χ1v) is 10.2. The van der Waals surface area contributed by atoms with Gasteiger partial charge in [0.2, 0.25) is 0 Å². The summed E-state index contributed by atoms with van der Waals surface area (Å²) in [7, 11) is 0. The van der Waals surface area contributed by atoms with E-state index in [2.05, 4.69) is 10.4 Å². The highest BCUT2D eigenvalue weighted by Gasteiger charge is 2.58. The van der Waals surface area contributed by atoms with E-state index in [0.29, 0.717) is 23.4 Å². The van der Waals surface area contributed by atoms with E-state index >= 15 is 0 Å². The fraction of sp³-hybridized carbons (Fsp3) is 0.217. The molecule has 3 aromatic rings. The van der Waals surface area contributed by atoms with Crippen LogP contribution < -0.4 is 10.2 Å². The van der Waals surface area contributed by atoms with Crippen molar-refractivity contribution in [3.63, 3.8) is 0 Å². The molecule has 0 spiro atoms. The Bertz CT molecular complexity index is 1340. The van der Waals surface area contributed by atoms with E-state index in [0.717, 1.165) is 12.1 Å². The van der Waals surface area contributed by atoms with Crippen molar-refractivity contribution in [2.24, 2.45) is 0 Å². The van der Waals surface area contributed by atoms with Crippen LogP contribution in [0.2, 0.25) is 0 Å². The molecule has 1 aliphatic heterocycles. The van der Waals surface area contributed by atoms with Crippen LogP contribution in [0.3, 0.4) is 0 Å². The van der Waals surface area contributed by atoms with Gasteiger partial charge in [0.1, 0.15) is 5.69 Å². The second-order valence-electron chi connectivity index (χ2n) is 7.88. The lowest BCUT2D eigenvalue weighted by Gasteiger charge is -2.34. The number of nitriles is 1. The first-order chi connectivity index (χ1) is 16.4. The molecule has 2 heterocycles. The summed E-state index contributed by atoms with van der Waals surface area (Å²) < 4.78 is 66.6. The van der Waals surface area contributed by atoms with E-state index in [9.17, 15) is 31.5 Å². The van der Waals surface area contributed by atoms with Crippen molar-refractivity contribution in [2.75, 3.05) is 10.2 Å². The van der Waals surface area contributed by atoms with E-state index in [1.165, 1.54) is 21.8 Å². The largest absolute Gasteiger partial charge is 0.458 e. The molecular weight excluding hydrogens is 473 g/mol. The van der Waals surface area contributed by atoms with Gasteiger partial charge in [-0.2, -0.15) is 32.3 Å². The Balaban J connectivity index is 1.63. The molecule has 12 heteroatoms. The minimum atomic E-state index is -5.76. The van der Waals surface area contributed by atoms with Crippen LogP contribution in [0, 0.1) is 11.3 Å². The minimum Gasteiger partial charge on any atom is -0.322 e. The maximum Gasteiger partial charge on any atom is 0.458 e. The van der Waals surface area contributed by atoms with Gasteiger partial charge in [-0.25, -0.2) is 0 Å². The molecule has 7 nitrogen and oxygen atoms in total. The zero-order valence-electron chi connectivity index (χ0n) is 18.0. The number of carbonyl (C=O) groups excluding carboxylic acids is 2. The lowest BCUT2D eigenvalue weighted by Crippen LogP contribution is -2.47. The summed E-state index contributed by atoms with van der Waals surface area (Å²) in [5.41, 5.74) is -0.657. The molecule has 0 fully saturated rings. The van der Waals surface area contributed by atoms with Gasteiger partial charge in [-0.05, 0) is 37.3 Å². The van der Waals surface area contributed by atoms with E-state index < -0.39 is 35.5 Å². The van der Waals surface area contributed by atoms with Crippen LogP contribution in [-0.2, 0) is 12.5 Å². The highest BCUT2D eigenvalue weighted by molar-refractivity contribution is 6.15.